The van der Waals surface area contributed by atoms with Crippen molar-refractivity contribution in [3.05, 3.63) is 69.0 Å². The normalized spacial score (nSPS) is 10.8. The summed E-state index contributed by atoms with van der Waals surface area (Å²) in [6.45, 7) is 4.48. The lowest BCUT2D eigenvalue weighted by molar-refractivity contribution is 0.102. The van der Waals surface area contributed by atoms with Crippen LogP contribution in [-0.4, -0.2) is 17.6 Å². The molecule has 1 aromatic heterocycles. The van der Waals surface area contributed by atoms with Gasteiger partial charge in [0.1, 0.15) is 11.3 Å². The van der Waals surface area contributed by atoms with Crippen LogP contribution in [0.2, 0.25) is 5.02 Å². The number of carbonyl (C=O) groups is 1. The van der Waals surface area contributed by atoms with E-state index < -0.39 is 5.91 Å². The highest BCUT2D eigenvalue weighted by atomic mass is 35.5. The first-order valence-corrected chi connectivity index (χ1v) is 8.61. The second kappa shape index (κ2) is 7.22. The number of hydrogen-bond acceptors (Lipinski definition) is 3. The number of pyridine rings is 1. The predicted molar refractivity (Wildman–Crippen MR) is 105 cm³/mol. The number of benzene rings is 2. The molecule has 0 unspecified atom stereocenters. The molecule has 6 heteroatoms. The fourth-order valence-corrected chi connectivity index (χ4v) is 3.07. The number of amides is 1. The molecule has 0 spiro atoms. The summed E-state index contributed by atoms with van der Waals surface area (Å²) in [6, 6.07) is 10.6. The maximum absolute atomic E-state index is 12.8. The van der Waals surface area contributed by atoms with Crippen LogP contribution < -0.4 is 15.5 Å². The summed E-state index contributed by atoms with van der Waals surface area (Å²) in [6.07, 6.45) is 1.58. The number of nitrogens with zero attached hydrogens (tertiary/aromatic N) is 1. The predicted octanol–water partition coefficient (Wildman–Crippen LogP) is 4.24. The van der Waals surface area contributed by atoms with E-state index in [9.17, 15) is 9.59 Å². The van der Waals surface area contributed by atoms with Gasteiger partial charge < -0.3 is 14.6 Å². The molecule has 1 N–H and O–H groups in total. The first-order valence-electron chi connectivity index (χ1n) is 8.23. The number of aromatic nitrogens is 1. The first kappa shape index (κ1) is 18.0. The Labute approximate surface area is 156 Å². The van der Waals surface area contributed by atoms with Crippen LogP contribution in [0, 0.1) is 6.92 Å². The van der Waals surface area contributed by atoms with Gasteiger partial charge in [-0.15, -0.1) is 0 Å². The molecule has 3 rings (SSSR count). The molecule has 26 heavy (non-hydrogen) atoms. The fourth-order valence-electron chi connectivity index (χ4n) is 2.90. The monoisotopic (exact) mass is 370 g/mol. The van der Waals surface area contributed by atoms with Crippen LogP contribution in [0.3, 0.4) is 0 Å². The highest BCUT2D eigenvalue weighted by Gasteiger charge is 2.17. The van der Waals surface area contributed by atoms with Gasteiger partial charge in [0.15, 0.2) is 0 Å². The summed E-state index contributed by atoms with van der Waals surface area (Å²) in [7, 11) is 1.53. The second-order valence-corrected chi connectivity index (χ2v) is 6.41. The summed E-state index contributed by atoms with van der Waals surface area (Å²) in [5, 5.41) is 3.65. The number of halogens is 1. The highest BCUT2D eigenvalue weighted by molar-refractivity contribution is 6.31. The van der Waals surface area contributed by atoms with Crippen molar-refractivity contribution < 1.29 is 9.53 Å². The fraction of sp³-hybridized carbons (Fsp3) is 0.200. The topological polar surface area (TPSA) is 60.3 Å². The van der Waals surface area contributed by atoms with Crippen molar-refractivity contribution in [2.45, 2.75) is 20.4 Å². The standard InChI is InChI=1S/C20H19ClN2O3/c1-4-23-11-15(19(24)14-10-13(21)6-7-17(14)23)20(25)22-16-9-12(2)5-8-18(16)26-3/h5-11H,4H2,1-3H3,(H,22,25). The molecule has 1 amide bonds. The maximum Gasteiger partial charge on any atom is 0.261 e. The van der Waals surface area contributed by atoms with Gasteiger partial charge in [-0.1, -0.05) is 17.7 Å². The van der Waals surface area contributed by atoms with Gasteiger partial charge in [-0.05, 0) is 49.7 Å². The van der Waals surface area contributed by atoms with Crippen molar-refractivity contribution in [2.75, 3.05) is 12.4 Å². The van der Waals surface area contributed by atoms with Crippen molar-refractivity contribution in [3.8, 4) is 5.75 Å². The summed E-state index contributed by atoms with van der Waals surface area (Å²) >= 11 is 6.04. The summed E-state index contributed by atoms with van der Waals surface area (Å²) in [4.78, 5) is 25.6. The molecule has 0 aliphatic heterocycles. The lowest BCUT2D eigenvalue weighted by atomic mass is 10.1. The zero-order chi connectivity index (χ0) is 18.8. The third kappa shape index (κ3) is 3.30. The zero-order valence-electron chi connectivity index (χ0n) is 14.8. The van der Waals surface area contributed by atoms with Crippen molar-refractivity contribution in [1.29, 1.82) is 0 Å². The lowest BCUT2D eigenvalue weighted by Crippen LogP contribution is -2.24. The summed E-state index contributed by atoms with van der Waals surface area (Å²) < 4.78 is 7.14. The molecule has 5 nitrogen and oxygen atoms in total. The number of anilines is 1. The lowest BCUT2D eigenvalue weighted by Gasteiger charge is -2.14. The molecule has 0 fully saturated rings. The molecule has 3 aromatic rings. The molecule has 0 aliphatic carbocycles. The van der Waals surface area contributed by atoms with Crippen LogP contribution in [0.5, 0.6) is 5.75 Å². The molecule has 0 bridgehead atoms. The van der Waals surface area contributed by atoms with Gasteiger partial charge in [0.25, 0.3) is 5.91 Å². The van der Waals surface area contributed by atoms with Gasteiger partial charge in [-0.3, -0.25) is 9.59 Å². The number of nitrogens with one attached hydrogen (secondary N) is 1. The number of carbonyl (C=O) groups excluding carboxylic acids is 1. The zero-order valence-corrected chi connectivity index (χ0v) is 15.6. The Kier molecular flexibility index (Phi) is 5.00. The molecule has 134 valence electrons. The first-order chi connectivity index (χ1) is 12.4. The van der Waals surface area contributed by atoms with E-state index in [4.69, 9.17) is 16.3 Å². The molecule has 0 saturated carbocycles. The molecular formula is C20H19ClN2O3. The minimum atomic E-state index is -0.483. The van der Waals surface area contributed by atoms with Crippen LogP contribution in [0.4, 0.5) is 5.69 Å². The Bertz CT molecular complexity index is 1060. The van der Waals surface area contributed by atoms with Crippen molar-refractivity contribution in [1.82, 2.24) is 4.57 Å². The molecular weight excluding hydrogens is 352 g/mol. The van der Waals surface area contributed by atoms with Crippen LogP contribution in [0.1, 0.15) is 22.8 Å². The van der Waals surface area contributed by atoms with Crippen LogP contribution >= 0.6 is 11.6 Å². The van der Waals surface area contributed by atoms with E-state index in [2.05, 4.69) is 5.32 Å². The molecule has 0 aliphatic rings. The molecule has 2 aromatic carbocycles. The summed E-state index contributed by atoms with van der Waals surface area (Å²) in [5.74, 6) is 0.0478. The average molecular weight is 371 g/mol. The minimum absolute atomic E-state index is 0.0603. The van der Waals surface area contributed by atoms with Gasteiger partial charge in [-0.25, -0.2) is 0 Å². The van der Waals surface area contributed by atoms with Gasteiger partial charge in [0, 0.05) is 23.2 Å². The SMILES string of the molecule is CCn1cc(C(=O)Nc2cc(C)ccc2OC)c(=O)c2cc(Cl)ccc21. The largest absolute Gasteiger partial charge is 0.495 e. The number of rotatable bonds is 4. The van der Waals surface area contributed by atoms with Crippen molar-refractivity contribution >= 4 is 34.1 Å². The third-order valence-corrected chi connectivity index (χ3v) is 4.47. The van der Waals surface area contributed by atoms with Crippen LogP contribution in [0.25, 0.3) is 10.9 Å². The summed E-state index contributed by atoms with van der Waals surface area (Å²) in [5.41, 5.74) is 1.94. The number of aryl methyl sites for hydroxylation is 2. The number of methoxy groups -OCH3 is 1. The Morgan fingerprint density at radius 2 is 2.00 bits per heavy atom. The Morgan fingerprint density at radius 3 is 2.69 bits per heavy atom. The van der Waals surface area contributed by atoms with Crippen LogP contribution in [0.15, 0.2) is 47.4 Å². The van der Waals surface area contributed by atoms with E-state index in [1.54, 1.807) is 36.5 Å². The van der Waals surface area contributed by atoms with Gasteiger partial charge >= 0.3 is 0 Å². The second-order valence-electron chi connectivity index (χ2n) is 5.98. The van der Waals surface area contributed by atoms with E-state index in [0.29, 0.717) is 28.4 Å². The number of fused-ring (bicyclic) bond motifs is 1. The molecule has 0 atom stereocenters. The average Bonchev–Trinajstić information content (AvgIpc) is 2.62. The van der Waals surface area contributed by atoms with Crippen LogP contribution in [-0.2, 0) is 6.54 Å². The minimum Gasteiger partial charge on any atom is -0.495 e. The van der Waals surface area contributed by atoms with E-state index in [0.717, 1.165) is 11.1 Å². The van der Waals surface area contributed by atoms with Gasteiger partial charge in [0.2, 0.25) is 5.43 Å². The van der Waals surface area contributed by atoms with E-state index in [1.165, 1.54) is 7.11 Å². The Balaban J connectivity index is 2.10. The Morgan fingerprint density at radius 1 is 1.23 bits per heavy atom. The van der Waals surface area contributed by atoms with Crippen molar-refractivity contribution in [2.24, 2.45) is 0 Å². The number of ether oxygens (including phenoxy) is 1. The Hall–Kier alpha value is -2.79. The van der Waals surface area contributed by atoms with Crippen molar-refractivity contribution in [3.63, 3.8) is 0 Å². The smallest absolute Gasteiger partial charge is 0.261 e. The van der Waals surface area contributed by atoms with E-state index >= 15 is 0 Å². The van der Waals surface area contributed by atoms with Gasteiger partial charge in [-0.2, -0.15) is 0 Å². The molecule has 1 heterocycles. The highest BCUT2D eigenvalue weighted by Crippen LogP contribution is 2.26. The van der Waals surface area contributed by atoms with E-state index in [1.807, 2.05) is 24.5 Å². The van der Waals surface area contributed by atoms with Gasteiger partial charge in [0.05, 0.1) is 18.3 Å². The maximum atomic E-state index is 12.8. The quantitative estimate of drug-likeness (QED) is 0.747. The molecule has 0 radical (unpaired) electrons. The van der Waals surface area contributed by atoms with E-state index in [-0.39, 0.29) is 11.0 Å². The molecule has 0 saturated heterocycles. The number of hydrogen-bond donors (Lipinski definition) is 1. The third-order valence-electron chi connectivity index (χ3n) is 4.23.